The molecule has 0 unspecified atom stereocenters. The van der Waals surface area contributed by atoms with Crippen molar-refractivity contribution >= 4 is 12.0 Å². The van der Waals surface area contributed by atoms with Gasteiger partial charge in [0.25, 0.3) is 5.69 Å². The van der Waals surface area contributed by atoms with Gasteiger partial charge in [-0.25, -0.2) is 0 Å². The Bertz CT molecular complexity index is 444. The van der Waals surface area contributed by atoms with Crippen molar-refractivity contribution in [3.05, 3.63) is 38.9 Å². The van der Waals surface area contributed by atoms with Crippen LogP contribution < -0.4 is 0 Å². The molecule has 0 amide bonds. The fourth-order valence-corrected chi connectivity index (χ4v) is 1.58. The summed E-state index contributed by atoms with van der Waals surface area (Å²) in [4.78, 5) is 21.2. The first-order valence-electron chi connectivity index (χ1n) is 5.02. The number of aryl methyl sites for hydroxylation is 1. The van der Waals surface area contributed by atoms with Crippen molar-refractivity contribution in [2.45, 2.75) is 33.1 Å². The minimum atomic E-state index is -0.508. The quantitative estimate of drug-likeness (QED) is 0.438. The summed E-state index contributed by atoms with van der Waals surface area (Å²) >= 11 is 0. The first-order chi connectivity index (χ1) is 7.27. The smallest absolute Gasteiger partial charge is 0.282 e. The highest BCUT2D eigenvalue weighted by Crippen LogP contribution is 2.30. The molecule has 0 aliphatic heterocycles. The molecule has 0 aliphatic rings. The van der Waals surface area contributed by atoms with Crippen LogP contribution in [0.2, 0.25) is 0 Å². The molecule has 4 nitrogen and oxygen atoms in total. The minimum Gasteiger partial charge on any atom is -0.298 e. The van der Waals surface area contributed by atoms with Gasteiger partial charge in [-0.3, -0.25) is 14.9 Å². The van der Waals surface area contributed by atoms with E-state index < -0.39 is 4.92 Å². The van der Waals surface area contributed by atoms with E-state index in [2.05, 4.69) is 0 Å². The van der Waals surface area contributed by atoms with E-state index >= 15 is 0 Å². The third kappa shape index (κ3) is 2.27. The van der Waals surface area contributed by atoms with Gasteiger partial charge in [-0.1, -0.05) is 20.8 Å². The first-order valence-corrected chi connectivity index (χ1v) is 5.02. The van der Waals surface area contributed by atoms with Crippen LogP contribution in [-0.4, -0.2) is 11.2 Å². The number of rotatable bonds is 2. The number of carbonyl (C=O) groups excluding carboxylic acids is 1. The van der Waals surface area contributed by atoms with Crippen LogP contribution in [-0.2, 0) is 5.41 Å². The third-order valence-electron chi connectivity index (χ3n) is 2.51. The summed E-state index contributed by atoms with van der Waals surface area (Å²) in [5.41, 5.74) is 1.38. The predicted octanol–water partition coefficient (Wildman–Crippen LogP) is 3.01. The van der Waals surface area contributed by atoms with Gasteiger partial charge in [0.05, 0.1) is 10.5 Å². The van der Waals surface area contributed by atoms with Crippen LogP contribution in [0.1, 0.15) is 42.3 Å². The van der Waals surface area contributed by atoms with Gasteiger partial charge in [0.15, 0.2) is 6.29 Å². The molecule has 0 heterocycles. The minimum absolute atomic E-state index is 0.0944. The van der Waals surface area contributed by atoms with Gasteiger partial charge in [-0.15, -0.1) is 0 Å². The normalized spacial score (nSPS) is 11.2. The topological polar surface area (TPSA) is 60.2 Å². The van der Waals surface area contributed by atoms with Crippen LogP contribution in [0.4, 0.5) is 5.69 Å². The lowest BCUT2D eigenvalue weighted by molar-refractivity contribution is -0.385. The molecule has 1 rings (SSSR count). The summed E-state index contributed by atoms with van der Waals surface area (Å²) in [6.45, 7) is 7.66. The molecule has 0 spiro atoms. The number of hydrogen-bond acceptors (Lipinski definition) is 3. The summed E-state index contributed by atoms with van der Waals surface area (Å²) in [5, 5.41) is 10.8. The maximum atomic E-state index is 10.9. The third-order valence-corrected chi connectivity index (χ3v) is 2.51. The maximum absolute atomic E-state index is 10.9. The fraction of sp³-hybridized carbons (Fsp3) is 0.417. The molecule has 1 aromatic carbocycles. The summed E-state index contributed by atoms with van der Waals surface area (Å²) in [6.07, 6.45) is 0.542. The highest BCUT2D eigenvalue weighted by molar-refractivity contribution is 5.83. The molecular formula is C12H15NO3. The van der Waals surface area contributed by atoms with E-state index in [-0.39, 0.29) is 16.7 Å². The Balaban J connectivity index is 3.50. The van der Waals surface area contributed by atoms with Gasteiger partial charge in [-0.2, -0.15) is 0 Å². The molecule has 1 aromatic rings. The molecule has 0 atom stereocenters. The summed E-state index contributed by atoms with van der Waals surface area (Å²) in [7, 11) is 0. The Labute approximate surface area is 94.4 Å². The van der Waals surface area contributed by atoms with E-state index in [9.17, 15) is 14.9 Å². The second kappa shape index (κ2) is 4.04. The average Bonchev–Trinajstić information content (AvgIpc) is 2.14. The Kier molecular flexibility index (Phi) is 3.12. The zero-order valence-electron chi connectivity index (χ0n) is 9.90. The summed E-state index contributed by atoms with van der Waals surface area (Å²) in [6, 6.07) is 3.36. The second-order valence-electron chi connectivity index (χ2n) is 4.86. The van der Waals surface area contributed by atoms with Gasteiger partial charge in [0, 0.05) is 5.56 Å². The van der Waals surface area contributed by atoms with E-state index in [1.807, 2.05) is 20.8 Å². The maximum Gasteiger partial charge on any atom is 0.282 e. The van der Waals surface area contributed by atoms with Crippen molar-refractivity contribution in [3.63, 3.8) is 0 Å². The summed E-state index contributed by atoms with van der Waals surface area (Å²) in [5.74, 6) is 0. The van der Waals surface area contributed by atoms with Crippen molar-refractivity contribution in [1.29, 1.82) is 0 Å². The first kappa shape index (κ1) is 12.4. The predicted molar refractivity (Wildman–Crippen MR) is 61.9 cm³/mol. The van der Waals surface area contributed by atoms with Crippen LogP contribution in [0.5, 0.6) is 0 Å². The monoisotopic (exact) mass is 221 g/mol. The van der Waals surface area contributed by atoms with Gasteiger partial charge < -0.3 is 0 Å². The van der Waals surface area contributed by atoms with Gasteiger partial charge in [0.2, 0.25) is 0 Å². The molecular weight excluding hydrogens is 206 g/mol. The number of hydrogen-bond donors (Lipinski definition) is 0. The SMILES string of the molecule is Cc1cc(C(C)(C)C)cc(C=O)c1[N+](=O)[O-]. The Morgan fingerprint density at radius 2 is 1.88 bits per heavy atom. The van der Waals surface area contributed by atoms with Crippen molar-refractivity contribution < 1.29 is 9.72 Å². The zero-order chi connectivity index (χ0) is 12.5. The van der Waals surface area contributed by atoms with Crippen LogP contribution >= 0.6 is 0 Å². The molecule has 4 heteroatoms. The van der Waals surface area contributed by atoms with Gasteiger partial charge >= 0.3 is 0 Å². The number of carbonyl (C=O) groups is 1. The lowest BCUT2D eigenvalue weighted by Crippen LogP contribution is -2.13. The number of benzene rings is 1. The van der Waals surface area contributed by atoms with Crippen molar-refractivity contribution in [2.75, 3.05) is 0 Å². The standard InChI is InChI=1S/C12H15NO3/c1-8-5-10(12(2,3)4)6-9(7-14)11(8)13(15)16/h5-7H,1-4H3. The van der Waals surface area contributed by atoms with Crippen molar-refractivity contribution in [2.24, 2.45) is 0 Å². The number of aldehydes is 1. The molecule has 0 saturated carbocycles. The average molecular weight is 221 g/mol. The lowest BCUT2D eigenvalue weighted by atomic mass is 9.85. The van der Waals surface area contributed by atoms with E-state index in [0.717, 1.165) is 5.56 Å². The number of nitro groups is 1. The molecule has 0 radical (unpaired) electrons. The summed E-state index contributed by atoms with van der Waals surface area (Å²) < 4.78 is 0. The highest BCUT2D eigenvalue weighted by Gasteiger charge is 2.22. The molecule has 0 bridgehead atoms. The molecule has 16 heavy (non-hydrogen) atoms. The number of nitrogens with zero attached hydrogens (tertiary/aromatic N) is 1. The van der Waals surface area contributed by atoms with Crippen molar-refractivity contribution in [3.8, 4) is 0 Å². The van der Waals surface area contributed by atoms with Crippen LogP contribution in [0, 0.1) is 17.0 Å². The second-order valence-corrected chi connectivity index (χ2v) is 4.86. The van der Waals surface area contributed by atoms with E-state index in [4.69, 9.17) is 0 Å². The lowest BCUT2D eigenvalue weighted by Gasteiger charge is -2.20. The fourth-order valence-electron chi connectivity index (χ4n) is 1.58. The van der Waals surface area contributed by atoms with Crippen molar-refractivity contribution in [1.82, 2.24) is 0 Å². The molecule has 0 aromatic heterocycles. The zero-order valence-corrected chi connectivity index (χ0v) is 9.90. The molecule has 0 aliphatic carbocycles. The van der Waals surface area contributed by atoms with Gasteiger partial charge in [0.1, 0.15) is 0 Å². The largest absolute Gasteiger partial charge is 0.298 e. The Hall–Kier alpha value is -1.71. The molecule has 0 saturated heterocycles. The van der Waals surface area contributed by atoms with Gasteiger partial charge in [-0.05, 0) is 30.0 Å². The molecule has 86 valence electrons. The Morgan fingerprint density at radius 1 is 1.31 bits per heavy atom. The highest BCUT2D eigenvalue weighted by atomic mass is 16.6. The Morgan fingerprint density at radius 3 is 2.25 bits per heavy atom. The molecule has 0 fully saturated rings. The van der Waals surface area contributed by atoms with E-state index in [0.29, 0.717) is 11.8 Å². The van der Waals surface area contributed by atoms with Crippen LogP contribution in [0.25, 0.3) is 0 Å². The van der Waals surface area contributed by atoms with E-state index in [1.165, 1.54) is 0 Å². The van der Waals surface area contributed by atoms with Crippen LogP contribution in [0.15, 0.2) is 12.1 Å². The van der Waals surface area contributed by atoms with Crippen LogP contribution in [0.3, 0.4) is 0 Å². The number of nitro benzene ring substituents is 1. The molecule has 0 N–H and O–H groups in total. The van der Waals surface area contributed by atoms with E-state index in [1.54, 1.807) is 19.1 Å².